The van der Waals surface area contributed by atoms with Crippen LogP contribution in [0.5, 0.6) is 0 Å². The van der Waals surface area contributed by atoms with Crippen molar-refractivity contribution in [3.63, 3.8) is 0 Å². The molecule has 2 N–H and O–H groups in total. The summed E-state index contributed by atoms with van der Waals surface area (Å²) >= 11 is 6.90. The number of aromatic amines is 1. The van der Waals surface area contributed by atoms with Crippen molar-refractivity contribution in [1.29, 1.82) is 0 Å². The fraction of sp³-hybridized carbons (Fsp3) is 0.533. The largest absolute Gasteiger partial charge is 0.373 e. The molecule has 4 atom stereocenters. The van der Waals surface area contributed by atoms with Gasteiger partial charge in [0.2, 0.25) is 5.91 Å². The molecule has 2 aliphatic rings. The van der Waals surface area contributed by atoms with Crippen LogP contribution in [0.15, 0.2) is 17.5 Å². The summed E-state index contributed by atoms with van der Waals surface area (Å²) in [6.07, 6.45) is 3.55. The molecule has 6 nitrogen and oxygen atoms in total. The Labute approximate surface area is 142 Å². The van der Waals surface area contributed by atoms with E-state index in [0.29, 0.717) is 16.7 Å². The first kappa shape index (κ1) is 15.0. The van der Waals surface area contributed by atoms with E-state index in [0.717, 1.165) is 24.1 Å². The van der Waals surface area contributed by atoms with Gasteiger partial charge in [0.1, 0.15) is 6.04 Å². The van der Waals surface area contributed by atoms with E-state index in [4.69, 9.17) is 17.0 Å². The molecule has 0 saturated carbocycles. The molecule has 2 aliphatic heterocycles. The van der Waals surface area contributed by atoms with E-state index in [2.05, 4.69) is 15.5 Å². The molecule has 0 radical (unpaired) electrons. The van der Waals surface area contributed by atoms with Gasteiger partial charge in [0.15, 0.2) is 10.6 Å². The lowest BCUT2D eigenvalue weighted by Gasteiger charge is -2.23. The van der Waals surface area contributed by atoms with Gasteiger partial charge < -0.3 is 10.1 Å². The van der Waals surface area contributed by atoms with Crippen molar-refractivity contribution in [2.45, 2.75) is 50.5 Å². The van der Waals surface area contributed by atoms with Crippen LogP contribution in [0, 0.1) is 4.77 Å². The quantitative estimate of drug-likeness (QED) is 0.832. The van der Waals surface area contributed by atoms with Gasteiger partial charge in [0.25, 0.3) is 0 Å². The van der Waals surface area contributed by atoms with E-state index in [1.807, 2.05) is 24.4 Å². The summed E-state index contributed by atoms with van der Waals surface area (Å²) in [4.78, 5) is 13.7. The lowest BCUT2D eigenvalue weighted by Crippen LogP contribution is -2.44. The van der Waals surface area contributed by atoms with Gasteiger partial charge in [0.05, 0.1) is 23.1 Å². The SMILES string of the molecule is C[C@@H](C(=O)N[C@@H]1C[C@H]2CC[C@H]1O2)n1c(-c2cccs2)n[nH]c1=S. The summed E-state index contributed by atoms with van der Waals surface area (Å²) in [7, 11) is 0. The molecular formula is C15H18N4O2S2. The summed E-state index contributed by atoms with van der Waals surface area (Å²) in [6.45, 7) is 1.85. The minimum atomic E-state index is -0.419. The lowest BCUT2D eigenvalue weighted by atomic mass is 9.95. The second-order valence-electron chi connectivity index (χ2n) is 6.10. The van der Waals surface area contributed by atoms with Gasteiger partial charge in [-0.25, -0.2) is 0 Å². The van der Waals surface area contributed by atoms with Crippen LogP contribution in [0.2, 0.25) is 0 Å². The van der Waals surface area contributed by atoms with Gasteiger partial charge in [-0.05, 0) is 49.9 Å². The number of aromatic nitrogens is 3. The average molecular weight is 350 g/mol. The topological polar surface area (TPSA) is 71.9 Å². The van der Waals surface area contributed by atoms with E-state index < -0.39 is 6.04 Å². The maximum Gasteiger partial charge on any atom is 0.243 e. The second kappa shape index (κ2) is 5.85. The molecule has 23 heavy (non-hydrogen) atoms. The monoisotopic (exact) mass is 350 g/mol. The fourth-order valence-corrected chi connectivity index (χ4v) is 4.45. The standard InChI is InChI=1S/C15H18N4O2S2/c1-8(14(20)16-10-7-9-4-5-11(10)21-9)19-13(17-18-15(19)22)12-3-2-6-23-12/h2-3,6,8-11H,4-5,7H2,1H3,(H,16,20)(H,18,22)/t8-,9+,10+,11+/m0/s1. The molecule has 1 amide bonds. The molecule has 8 heteroatoms. The number of hydrogen-bond donors (Lipinski definition) is 2. The van der Waals surface area contributed by atoms with Crippen LogP contribution >= 0.6 is 23.6 Å². The highest BCUT2D eigenvalue weighted by molar-refractivity contribution is 7.71. The van der Waals surface area contributed by atoms with Crippen LogP contribution in [0.1, 0.15) is 32.2 Å². The highest BCUT2D eigenvalue weighted by Crippen LogP contribution is 2.34. The zero-order chi connectivity index (χ0) is 16.0. The lowest BCUT2D eigenvalue weighted by molar-refractivity contribution is -0.125. The van der Waals surface area contributed by atoms with Crippen LogP contribution in [0.4, 0.5) is 0 Å². The summed E-state index contributed by atoms with van der Waals surface area (Å²) in [6, 6.07) is 3.63. The van der Waals surface area contributed by atoms with Crippen LogP contribution in [0.3, 0.4) is 0 Å². The number of amides is 1. The number of nitrogens with zero attached hydrogens (tertiary/aromatic N) is 2. The molecule has 2 aromatic heterocycles. The Hall–Kier alpha value is -1.51. The maximum atomic E-state index is 12.7. The summed E-state index contributed by atoms with van der Waals surface area (Å²) < 4.78 is 8.04. The number of carbonyl (C=O) groups excluding carboxylic acids is 1. The molecule has 2 saturated heterocycles. The zero-order valence-electron chi connectivity index (χ0n) is 12.7. The average Bonchev–Trinajstić information content (AvgIpc) is 3.30. The minimum Gasteiger partial charge on any atom is -0.373 e. The predicted octanol–water partition coefficient (Wildman–Crippen LogP) is 2.67. The highest BCUT2D eigenvalue weighted by Gasteiger charge is 2.42. The predicted molar refractivity (Wildman–Crippen MR) is 89.9 cm³/mol. The molecule has 0 unspecified atom stereocenters. The summed E-state index contributed by atoms with van der Waals surface area (Å²) in [5.41, 5.74) is 0. The molecule has 4 rings (SSSR count). The molecule has 4 heterocycles. The van der Waals surface area contributed by atoms with Crippen molar-refractivity contribution in [3.8, 4) is 10.7 Å². The van der Waals surface area contributed by atoms with Crippen molar-refractivity contribution in [1.82, 2.24) is 20.1 Å². The Morgan fingerprint density at radius 1 is 1.61 bits per heavy atom. The Morgan fingerprint density at radius 2 is 2.48 bits per heavy atom. The summed E-state index contributed by atoms with van der Waals surface area (Å²) in [5, 5.41) is 12.2. The van der Waals surface area contributed by atoms with Crippen LogP contribution in [-0.2, 0) is 9.53 Å². The number of fused-ring (bicyclic) bond motifs is 2. The van der Waals surface area contributed by atoms with Gasteiger partial charge in [-0.3, -0.25) is 14.5 Å². The molecule has 0 aliphatic carbocycles. The van der Waals surface area contributed by atoms with Crippen molar-refractivity contribution >= 4 is 29.5 Å². The number of nitrogens with one attached hydrogen (secondary N) is 2. The van der Waals surface area contributed by atoms with E-state index >= 15 is 0 Å². The molecule has 122 valence electrons. The third-order valence-electron chi connectivity index (χ3n) is 4.65. The third-order valence-corrected chi connectivity index (χ3v) is 5.80. The number of carbonyl (C=O) groups is 1. The summed E-state index contributed by atoms with van der Waals surface area (Å²) in [5.74, 6) is 0.665. The van der Waals surface area contributed by atoms with E-state index in [-0.39, 0.29) is 18.1 Å². The molecule has 2 aromatic rings. The molecule has 2 bridgehead atoms. The normalized spacial score (nSPS) is 27.3. The Kier molecular flexibility index (Phi) is 3.82. The van der Waals surface area contributed by atoms with Crippen LogP contribution in [-0.4, -0.2) is 38.9 Å². The fourth-order valence-electron chi connectivity index (χ4n) is 3.45. The first-order chi connectivity index (χ1) is 11.1. The zero-order valence-corrected chi connectivity index (χ0v) is 14.3. The third kappa shape index (κ3) is 2.64. The number of rotatable bonds is 4. The van der Waals surface area contributed by atoms with Gasteiger partial charge in [-0.1, -0.05) is 6.07 Å². The van der Waals surface area contributed by atoms with Gasteiger partial charge in [-0.2, -0.15) is 5.10 Å². The van der Waals surface area contributed by atoms with Crippen molar-refractivity contribution in [2.24, 2.45) is 0 Å². The van der Waals surface area contributed by atoms with Crippen LogP contribution in [0.25, 0.3) is 10.7 Å². The Balaban J connectivity index is 1.55. The molecule has 2 fully saturated rings. The van der Waals surface area contributed by atoms with Crippen molar-refractivity contribution < 1.29 is 9.53 Å². The van der Waals surface area contributed by atoms with Gasteiger partial charge in [-0.15, -0.1) is 11.3 Å². The van der Waals surface area contributed by atoms with E-state index in [9.17, 15) is 4.79 Å². The Bertz CT molecular complexity index is 767. The number of hydrogen-bond acceptors (Lipinski definition) is 5. The minimum absolute atomic E-state index is 0.0403. The molecule has 0 aromatic carbocycles. The van der Waals surface area contributed by atoms with E-state index in [1.165, 1.54) is 0 Å². The Morgan fingerprint density at radius 3 is 3.13 bits per heavy atom. The number of H-pyrrole nitrogens is 1. The van der Waals surface area contributed by atoms with Gasteiger partial charge in [0, 0.05) is 0 Å². The number of thiophene rings is 1. The first-order valence-electron chi connectivity index (χ1n) is 7.80. The maximum absolute atomic E-state index is 12.7. The second-order valence-corrected chi connectivity index (χ2v) is 7.43. The first-order valence-corrected chi connectivity index (χ1v) is 9.09. The van der Waals surface area contributed by atoms with Crippen molar-refractivity contribution in [2.75, 3.05) is 0 Å². The van der Waals surface area contributed by atoms with Crippen molar-refractivity contribution in [3.05, 3.63) is 22.3 Å². The smallest absolute Gasteiger partial charge is 0.243 e. The molecular weight excluding hydrogens is 332 g/mol. The van der Waals surface area contributed by atoms with Crippen LogP contribution < -0.4 is 5.32 Å². The molecule has 0 spiro atoms. The highest BCUT2D eigenvalue weighted by atomic mass is 32.1. The number of ether oxygens (including phenoxy) is 1. The van der Waals surface area contributed by atoms with Gasteiger partial charge >= 0.3 is 0 Å². The van der Waals surface area contributed by atoms with E-state index in [1.54, 1.807) is 15.9 Å².